The summed E-state index contributed by atoms with van der Waals surface area (Å²) >= 11 is 0. The Kier molecular flexibility index (Phi) is 7.87. The number of hydrogen-bond acceptors (Lipinski definition) is 4. The van der Waals surface area contributed by atoms with Crippen molar-refractivity contribution in [2.45, 2.75) is 72.5 Å². The van der Waals surface area contributed by atoms with Crippen molar-refractivity contribution in [2.75, 3.05) is 24.5 Å². The lowest BCUT2D eigenvalue weighted by Gasteiger charge is -2.25. The van der Waals surface area contributed by atoms with Crippen molar-refractivity contribution in [3.63, 3.8) is 0 Å². The van der Waals surface area contributed by atoms with E-state index in [9.17, 15) is 4.39 Å². The van der Waals surface area contributed by atoms with Crippen LogP contribution in [0.5, 0.6) is 0 Å². The first-order valence-corrected chi connectivity index (χ1v) is 11.5. The fourth-order valence-electron chi connectivity index (χ4n) is 3.84. The smallest absolute Gasteiger partial charge is 0.191 e. The first-order chi connectivity index (χ1) is 14.9. The number of nitrogens with zero attached hydrogens (tertiary/aromatic N) is 5. The van der Waals surface area contributed by atoms with Gasteiger partial charge in [0.05, 0.1) is 18.8 Å². The van der Waals surface area contributed by atoms with E-state index in [0.717, 1.165) is 62.2 Å². The summed E-state index contributed by atoms with van der Waals surface area (Å²) in [5, 5.41) is 11.5. The van der Waals surface area contributed by atoms with Gasteiger partial charge in [-0.15, -0.1) is 0 Å². The van der Waals surface area contributed by atoms with Crippen molar-refractivity contribution < 1.29 is 4.39 Å². The molecule has 1 unspecified atom stereocenters. The van der Waals surface area contributed by atoms with Crippen LogP contribution in [-0.4, -0.2) is 46.4 Å². The Bertz CT molecular complexity index is 886. The second-order valence-corrected chi connectivity index (χ2v) is 8.26. The lowest BCUT2D eigenvalue weighted by atomic mass is 10.1. The lowest BCUT2D eigenvalue weighted by molar-refractivity contribution is 0.391. The van der Waals surface area contributed by atoms with E-state index in [1.54, 1.807) is 6.07 Å². The first kappa shape index (κ1) is 23.0. The summed E-state index contributed by atoms with van der Waals surface area (Å²) in [7, 11) is 0. The SMILES string of the molecule is CCNC(=NCc1ccc(N(CC)CC)c(F)c1)NC1CCc2nc(C(C)C)nn2C1. The van der Waals surface area contributed by atoms with Gasteiger partial charge in [-0.05, 0) is 44.9 Å². The molecule has 1 atom stereocenters. The van der Waals surface area contributed by atoms with E-state index in [0.29, 0.717) is 18.2 Å². The molecule has 0 amide bonds. The van der Waals surface area contributed by atoms with E-state index in [1.807, 2.05) is 42.5 Å². The summed E-state index contributed by atoms with van der Waals surface area (Å²) in [4.78, 5) is 11.4. The zero-order valence-electron chi connectivity index (χ0n) is 19.5. The highest BCUT2D eigenvalue weighted by Gasteiger charge is 2.23. The summed E-state index contributed by atoms with van der Waals surface area (Å²) in [5.74, 6) is 2.85. The second-order valence-electron chi connectivity index (χ2n) is 8.26. The van der Waals surface area contributed by atoms with Crippen molar-refractivity contribution in [3.05, 3.63) is 41.2 Å². The number of fused-ring (bicyclic) bond motifs is 1. The minimum Gasteiger partial charge on any atom is -0.370 e. The average Bonchev–Trinajstić information content (AvgIpc) is 3.18. The van der Waals surface area contributed by atoms with Gasteiger partial charge in [0, 0.05) is 38.0 Å². The highest BCUT2D eigenvalue weighted by Crippen LogP contribution is 2.21. The number of aliphatic imine (C=N–C) groups is 1. The van der Waals surface area contributed by atoms with E-state index >= 15 is 0 Å². The van der Waals surface area contributed by atoms with Gasteiger partial charge in [0.15, 0.2) is 11.8 Å². The largest absolute Gasteiger partial charge is 0.370 e. The van der Waals surface area contributed by atoms with Crippen LogP contribution in [0.25, 0.3) is 0 Å². The number of aryl methyl sites for hydroxylation is 1. The molecule has 1 aliphatic heterocycles. The highest BCUT2D eigenvalue weighted by atomic mass is 19.1. The first-order valence-electron chi connectivity index (χ1n) is 11.5. The van der Waals surface area contributed by atoms with Gasteiger partial charge in [-0.25, -0.2) is 19.0 Å². The Labute approximate surface area is 185 Å². The number of nitrogens with one attached hydrogen (secondary N) is 2. The maximum atomic E-state index is 14.6. The fourth-order valence-corrected chi connectivity index (χ4v) is 3.84. The quantitative estimate of drug-likeness (QED) is 0.497. The van der Waals surface area contributed by atoms with Gasteiger partial charge in [-0.1, -0.05) is 19.9 Å². The molecule has 2 aromatic rings. The Morgan fingerprint density at radius 1 is 1.29 bits per heavy atom. The molecule has 170 valence electrons. The average molecular weight is 430 g/mol. The molecule has 0 aliphatic carbocycles. The monoisotopic (exact) mass is 429 g/mol. The number of halogens is 1. The van der Waals surface area contributed by atoms with Crippen LogP contribution in [0.3, 0.4) is 0 Å². The predicted molar refractivity (Wildman–Crippen MR) is 124 cm³/mol. The maximum absolute atomic E-state index is 14.6. The molecule has 2 heterocycles. The van der Waals surface area contributed by atoms with Crippen LogP contribution < -0.4 is 15.5 Å². The summed E-state index contributed by atoms with van der Waals surface area (Å²) in [6, 6.07) is 5.64. The molecule has 2 N–H and O–H groups in total. The Hall–Kier alpha value is -2.64. The van der Waals surface area contributed by atoms with Crippen LogP contribution >= 0.6 is 0 Å². The Morgan fingerprint density at radius 2 is 2.06 bits per heavy atom. The third kappa shape index (κ3) is 5.74. The van der Waals surface area contributed by atoms with Gasteiger partial charge in [-0.3, -0.25) is 0 Å². The zero-order chi connectivity index (χ0) is 22.4. The maximum Gasteiger partial charge on any atom is 0.191 e. The normalized spacial score (nSPS) is 16.4. The van der Waals surface area contributed by atoms with Gasteiger partial charge >= 0.3 is 0 Å². The minimum absolute atomic E-state index is 0.193. The molecule has 7 nitrogen and oxygen atoms in total. The van der Waals surface area contributed by atoms with E-state index < -0.39 is 0 Å². The molecule has 3 rings (SSSR count). The van der Waals surface area contributed by atoms with Crippen molar-refractivity contribution >= 4 is 11.6 Å². The molecule has 0 radical (unpaired) electrons. The number of benzene rings is 1. The topological polar surface area (TPSA) is 70.4 Å². The van der Waals surface area contributed by atoms with Crippen LogP contribution in [-0.2, 0) is 19.5 Å². The van der Waals surface area contributed by atoms with Crippen molar-refractivity contribution in [2.24, 2.45) is 4.99 Å². The van der Waals surface area contributed by atoms with E-state index in [2.05, 4.69) is 34.6 Å². The number of aromatic nitrogens is 3. The molecule has 0 saturated heterocycles. The van der Waals surface area contributed by atoms with Crippen molar-refractivity contribution in [1.29, 1.82) is 0 Å². The van der Waals surface area contributed by atoms with E-state index in [4.69, 9.17) is 4.99 Å². The molecular weight excluding hydrogens is 393 g/mol. The summed E-state index contributed by atoms with van der Waals surface area (Å²) in [6.07, 6.45) is 1.88. The molecule has 8 heteroatoms. The zero-order valence-corrected chi connectivity index (χ0v) is 19.5. The molecule has 31 heavy (non-hydrogen) atoms. The minimum atomic E-state index is -0.193. The predicted octanol–water partition coefficient (Wildman–Crippen LogP) is 3.46. The number of anilines is 1. The number of hydrogen-bond donors (Lipinski definition) is 2. The fraction of sp³-hybridized carbons (Fsp3) is 0.609. The van der Waals surface area contributed by atoms with Crippen LogP contribution in [0.15, 0.2) is 23.2 Å². The van der Waals surface area contributed by atoms with Crippen molar-refractivity contribution in [1.82, 2.24) is 25.4 Å². The second kappa shape index (κ2) is 10.6. The highest BCUT2D eigenvalue weighted by molar-refractivity contribution is 5.80. The molecule has 1 aromatic heterocycles. The summed E-state index contributed by atoms with van der Waals surface area (Å²) < 4.78 is 16.6. The molecular formula is C23H36FN7. The summed E-state index contributed by atoms with van der Waals surface area (Å²) in [5.41, 5.74) is 1.50. The molecule has 0 fully saturated rings. The number of guanidine groups is 1. The third-order valence-electron chi connectivity index (χ3n) is 5.61. The van der Waals surface area contributed by atoms with Gasteiger partial charge < -0.3 is 15.5 Å². The van der Waals surface area contributed by atoms with E-state index in [-0.39, 0.29) is 11.9 Å². The van der Waals surface area contributed by atoms with Gasteiger partial charge in [0.25, 0.3) is 0 Å². The van der Waals surface area contributed by atoms with Crippen LogP contribution in [0.4, 0.5) is 10.1 Å². The molecule has 1 aromatic carbocycles. The molecule has 0 saturated carbocycles. The summed E-state index contributed by atoms with van der Waals surface area (Å²) in [6.45, 7) is 13.9. The number of rotatable bonds is 8. The van der Waals surface area contributed by atoms with Gasteiger partial charge in [0.2, 0.25) is 0 Å². The Balaban J connectivity index is 1.66. The van der Waals surface area contributed by atoms with Crippen LogP contribution in [0.2, 0.25) is 0 Å². The molecule has 1 aliphatic rings. The lowest BCUT2D eigenvalue weighted by Crippen LogP contribution is -2.47. The molecule has 0 spiro atoms. The van der Waals surface area contributed by atoms with Gasteiger partial charge in [-0.2, -0.15) is 5.10 Å². The van der Waals surface area contributed by atoms with Gasteiger partial charge in [0.1, 0.15) is 11.6 Å². The standard InChI is InChI=1S/C23H36FN7/c1-6-25-23(26-14-17-9-11-20(19(24)13-17)30(7-2)8-3)27-18-10-12-21-28-22(16(4)5)29-31(21)15-18/h9,11,13,16,18H,6-8,10,12,14-15H2,1-5H3,(H2,25,26,27). The Morgan fingerprint density at radius 3 is 2.71 bits per heavy atom. The molecule has 0 bridgehead atoms. The third-order valence-corrected chi connectivity index (χ3v) is 5.61. The van der Waals surface area contributed by atoms with Crippen molar-refractivity contribution in [3.8, 4) is 0 Å². The van der Waals surface area contributed by atoms with Crippen LogP contribution in [0.1, 0.15) is 64.2 Å². The van der Waals surface area contributed by atoms with Crippen LogP contribution in [0, 0.1) is 5.82 Å². The van der Waals surface area contributed by atoms with E-state index in [1.165, 1.54) is 0 Å².